The SMILES string of the molecule is CCC(CC)NC(=O)N1CCC(Oc2ccc(C)nn2)C1. The third-order valence-electron chi connectivity index (χ3n) is 3.81. The highest BCUT2D eigenvalue weighted by Gasteiger charge is 2.28. The highest BCUT2D eigenvalue weighted by molar-refractivity contribution is 5.74. The predicted octanol–water partition coefficient (Wildman–Crippen LogP) is 2.14. The molecule has 2 amide bonds. The maximum Gasteiger partial charge on any atom is 0.317 e. The van der Waals surface area contributed by atoms with E-state index in [2.05, 4.69) is 29.4 Å². The van der Waals surface area contributed by atoms with Crippen LogP contribution in [0.1, 0.15) is 38.8 Å². The Labute approximate surface area is 125 Å². The molecule has 116 valence electrons. The second-order valence-electron chi connectivity index (χ2n) is 5.45. The molecule has 1 aromatic rings. The zero-order chi connectivity index (χ0) is 15.2. The maximum atomic E-state index is 12.1. The molecule has 1 saturated heterocycles. The summed E-state index contributed by atoms with van der Waals surface area (Å²) >= 11 is 0. The maximum absolute atomic E-state index is 12.1. The standard InChI is InChI=1S/C15H24N4O2/c1-4-12(5-2)16-15(20)19-9-8-13(10-19)21-14-7-6-11(3)17-18-14/h6-7,12-13H,4-5,8-10H2,1-3H3,(H,16,20). The van der Waals surface area contributed by atoms with E-state index in [4.69, 9.17) is 4.74 Å². The van der Waals surface area contributed by atoms with E-state index in [1.807, 2.05) is 24.0 Å². The molecule has 21 heavy (non-hydrogen) atoms. The highest BCUT2D eigenvalue weighted by Crippen LogP contribution is 2.16. The summed E-state index contributed by atoms with van der Waals surface area (Å²) in [4.78, 5) is 14.0. The number of aromatic nitrogens is 2. The van der Waals surface area contributed by atoms with E-state index in [1.165, 1.54) is 0 Å². The van der Waals surface area contributed by atoms with Crippen molar-refractivity contribution in [3.8, 4) is 5.88 Å². The molecule has 0 spiro atoms. The number of hydrogen-bond donors (Lipinski definition) is 1. The summed E-state index contributed by atoms with van der Waals surface area (Å²) in [6.07, 6.45) is 2.73. The number of urea groups is 1. The number of carbonyl (C=O) groups excluding carboxylic acids is 1. The van der Waals surface area contributed by atoms with Gasteiger partial charge in [0.2, 0.25) is 5.88 Å². The minimum atomic E-state index is -0.00513. The molecule has 0 radical (unpaired) electrons. The number of amides is 2. The first-order chi connectivity index (χ1) is 10.1. The molecule has 0 saturated carbocycles. The van der Waals surface area contributed by atoms with Crippen LogP contribution in [0.4, 0.5) is 4.79 Å². The van der Waals surface area contributed by atoms with Crippen LogP contribution in [0.15, 0.2) is 12.1 Å². The smallest absolute Gasteiger partial charge is 0.317 e. The van der Waals surface area contributed by atoms with Crippen LogP contribution in [-0.4, -0.2) is 46.4 Å². The van der Waals surface area contributed by atoms with Crippen LogP contribution in [0.25, 0.3) is 0 Å². The first-order valence-electron chi connectivity index (χ1n) is 7.64. The zero-order valence-electron chi connectivity index (χ0n) is 13.0. The fourth-order valence-corrected chi connectivity index (χ4v) is 2.39. The second kappa shape index (κ2) is 7.24. The molecule has 0 bridgehead atoms. The van der Waals surface area contributed by atoms with Crippen molar-refractivity contribution >= 4 is 6.03 Å². The molecular weight excluding hydrogens is 268 g/mol. The third-order valence-corrected chi connectivity index (χ3v) is 3.81. The number of nitrogens with one attached hydrogen (secondary N) is 1. The lowest BCUT2D eigenvalue weighted by Crippen LogP contribution is -2.44. The van der Waals surface area contributed by atoms with E-state index in [9.17, 15) is 4.79 Å². The van der Waals surface area contributed by atoms with Crippen molar-refractivity contribution in [1.82, 2.24) is 20.4 Å². The fraction of sp³-hybridized carbons (Fsp3) is 0.667. The Balaban J connectivity index is 1.82. The monoisotopic (exact) mass is 292 g/mol. The predicted molar refractivity (Wildman–Crippen MR) is 80.3 cm³/mol. The van der Waals surface area contributed by atoms with Gasteiger partial charge in [-0.2, -0.15) is 5.10 Å². The quantitative estimate of drug-likeness (QED) is 0.903. The third kappa shape index (κ3) is 4.31. The van der Waals surface area contributed by atoms with Gasteiger partial charge in [-0.05, 0) is 25.8 Å². The highest BCUT2D eigenvalue weighted by atomic mass is 16.5. The Morgan fingerprint density at radius 3 is 2.81 bits per heavy atom. The van der Waals surface area contributed by atoms with Gasteiger partial charge >= 0.3 is 6.03 Å². The van der Waals surface area contributed by atoms with E-state index in [1.54, 1.807) is 0 Å². The lowest BCUT2D eigenvalue weighted by molar-refractivity contribution is 0.179. The van der Waals surface area contributed by atoms with Crippen molar-refractivity contribution in [1.29, 1.82) is 0 Å². The first-order valence-corrected chi connectivity index (χ1v) is 7.64. The minimum Gasteiger partial charge on any atom is -0.471 e. The van der Waals surface area contributed by atoms with Crippen molar-refractivity contribution in [2.75, 3.05) is 13.1 Å². The molecule has 2 rings (SSSR count). The van der Waals surface area contributed by atoms with Crippen molar-refractivity contribution in [3.63, 3.8) is 0 Å². The number of likely N-dealkylation sites (tertiary alicyclic amines) is 1. The molecule has 2 heterocycles. The number of rotatable bonds is 5. The number of aryl methyl sites for hydroxylation is 1. The Hall–Kier alpha value is -1.85. The van der Waals surface area contributed by atoms with Gasteiger partial charge < -0.3 is 15.0 Å². The van der Waals surface area contributed by atoms with Gasteiger partial charge in [-0.15, -0.1) is 5.10 Å². The van der Waals surface area contributed by atoms with Crippen LogP contribution in [-0.2, 0) is 0 Å². The molecule has 0 aromatic carbocycles. The topological polar surface area (TPSA) is 67.4 Å². The second-order valence-corrected chi connectivity index (χ2v) is 5.45. The molecule has 0 aliphatic carbocycles. The van der Waals surface area contributed by atoms with Gasteiger partial charge in [0.05, 0.1) is 12.2 Å². The average Bonchev–Trinajstić information content (AvgIpc) is 2.95. The van der Waals surface area contributed by atoms with Crippen LogP contribution in [0.2, 0.25) is 0 Å². The van der Waals surface area contributed by atoms with Crippen LogP contribution in [0.3, 0.4) is 0 Å². The molecule has 1 aliphatic rings. The normalized spacial score (nSPS) is 18.1. The fourth-order valence-electron chi connectivity index (χ4n) is 2.39. The van der Waals surface area contributed by atoms with Crippen molar-refractivity contribution in [2.24, 2.45) is 0 Å². The van der Waals surface area contributed by atoms with Crippen LogP contribution >= 0.6 is 0 Å². The summed E-state index contributed by atoms with van der Waals surface area (Å²) in [5.74, 6) is 0.521. The summed E-state index contributed by atoms with van der Waals surface area (Å²) in [5, 5.41) is 11.0. The van der Waals surface area contributed by atoms with Gasteiger partial charge in [0, 0.05) is 25.1 Å². The van der Waals surface area contributed by atoms with E-state index >= 15 is 0 Å². The summed E-state index contributed by atoms with van der Waals surface area (Å²) in [6, 6.07) is 3.94. The minimum absolute atomic E-state index is 0.00444. The lowest BCUT2D eigenvalue weighted by Gasteiger charge is -2.21. The van der Waals surface area contributed by atoms with Crippen LogP contribution in [0.5, 0.6) is 5.88 Å². The Bertz CT molecular complexity index is 459. The summed E-state index contributed by atoms with van der Waals surface area (Å²) < 4.78 is 5.77. The summed E-state index contributed by atoms with van der Waals surface area (Å²) in [5.41, 5.74) is 0.861. The van der Waals surface area contributed by atoms with Crippen molar-refractivity contribution in [3.05, 3.63) is 17.8 Å². The Morgan fingerprint density at radius 1 is 1.43 bits per heavy atom. The zero-order valence-corrected chi connectivity index (χ0v) is 13.0. The van der Waals surface area contributed by atoms with Gasteiger partial charge in [-0.1, -0.05) is 13.8 Å². The molecule has 6 nitrogen and oxygen atoms in total. The van der Waals surface area contributed by atoms with Crippen molar-refractivity contribution in [2.45, 2.75) is 52.2 Å². The molecule has 1 aliphatic heterocycles. The van der Waals surface area contributed by atoms with Crippen LogP contribution in [0, 0.1) is 6.92 Å². The van der Waals surface area contributed by atoms with E-state index in [0.29, 0.717) is 12.4 Å². The Morgan fingerprint density at radius 2 is 2.19 bits per heavy atom. The van der Waals surface area contributed by atoms with Gasteiger partial charge in [0.25, 0.3) is 0 Å². The van der Waals surface area contributed by atoms with Gasteiger partial charge in [-0.25, -0.2) is 4.79 Å². The van der Waals surface area contributed by atoms with Crippen LogP contribution < -0.4 is 10.1 Å². The molecule has 1 unspecified atom stereocenters. The number of nitrogens with zero attached hydrogens (tertiary/aromatic N) is 3. The first kappa shape index (κ1) is 15.5. The van der Waals surface area contributed by atoms with E-state index < -0.39 is 0 Å². The number of carbonyl (C=O) groups is 1. The van der Waals surface area contributed by atoms with E-state index in [-0.39, 0.29) is 18.2 Å². The molecule has 6 heteroatoms. The number of hydrogen-bond acceptors (Lipinski definition) is 4. The molecule has 1 N–H and O–H groups in total. The number of ether oxygens (including phenoxy) is 1. The molecule has 1 aromatic heterocycles. The van der Waals surface area contributed by atoms with Gasteiger partial charge in [0.15, 0.2) is 0 Å². The van der Waals surface area contributed by atoms with E-state index in [0.717, 1.165) is 31.5 Å². The molecular formula is C15H24N4O2. The average molecular weight is 292 g/mol. The largest absolute Gasteiger partial charge is 0.471 e. The van der Waals surface area contributed by atoms with Crippen molar-refractivity contribution < 1.29 is 9.53 Å². The molecule has 1 fully saturated rings. The summed E-state index contributed by atoms with van der Waals surface area (Å²) in [7, 11) is 0. The lowest BCUT2D eigenvalue weighted by atomic mass is 10.2. The van der Waals surface area contributed by atoms with Gasteiger partial charge in [-0.3, -0.25) is 0 Å². The van der Waals surface area contributed by atoms with Gasteiger partial charge in [0.1, 0.15) is 6.10 Å². The molecule has 1 atom stereocenters. The Kier molecular flexibility index (Phi) is 5.36. The summed E-state index contributed by atoms with van der Waals surface area (Å²) in [6.45, 7) is 7.37.